The zero-order chi connectivity index (χ0) is 9.26. The van der Waals surface area contributed by atoms with Gasteiger partial charge >= 0.3 is 5.97 Å². The Morgan fingerprint density at radius 2 is 2.23 bits per heavy atom. The van der Waals surface area contributed by atoms with Gasteiger partial charge in [0.05, 0.1) is 6.42 Å². The van der Waals surface area contributed by atoms with Crippen molar-refractivity contribution < 1.29 is 9.90 Å². The Labute approximate surface area is 75.0 Å². The van der Waals surface area contributed by atoms with Gasteiger partial charge in [-0.15, -0.1) is 0 Å². The van der Waals surface area contributed by atoms with Crippen molar-refractivity contribution in [2.24, 2.45) is 0 Å². The summed E-state index contributed by atoms with van der Waals surface area (Å²) in [4.78, 5) is 13.6. The molecule has 0 aliphatic carbocycles. The Bertz CT molecular complexity index is 445. The summed E-state index contributed by atoms with van der Waals surface area (Å²) in [6, 6.07) is 7.58. The highest BCUT2D eigenvalue weighted by atomic mass is 16.4. The number of aromatic amines is 1. The van der Waals surface area contributed by atoms with Crippen LogP contribution < -0.4 is 0 Å². The topological polar surface area (TPSA) is 53.1 Å². The van der Waals surface area contributed by atoms with Gasteiger partial charge in [0.2, 0.25) is 0 Å². The van der Waals surface area contributed by atoms with Crippen molar-refractivity contribution in [3.8, 4) is 0 Å². The molecule has 1 aromatic heterocycles. The van der Waals surface area contributed by atoms with Crippen molar-refractivity contribution in [3.05, 3.63) is 36.0 Å². The summed E-state index contributed by atoms with van der Waals surface area (Å²) in [5.41, 5.74) is 1.75. The van der Waals surface area contributed by atoms with Crippen LogP contribution in [0.15, 0.2) is 30.5 Å². The smallest absolute Gasteiger partial charge is 0.307 e. The molecule has 66 valence electrons. The van der Waals surface area contributed by atoms with Crippen LogP contribution in [-0.4, -0.2) is 16.1 Å². The third-order valence-corrected chi connectivity index (χ3v) is 2.02. The molecular formula is C10H9NO2. The van der Waals surface area contributed by atoms with Gasteiger partial charge in [0, 0.05) is 11.7 Å². The molecule has 0 aliphatic heterocycles. The Hall–Kier alpha value is -1.77. The highest BCUT2D eigenvalue weighted by molar-refractivity contribution is 5.85. The van der Waals surface area contributed by atoms with E-state index in [4.69, 9.17) is 5.11 Å². The molecule has 0 saturated heterocycles. The molecule has 2 aromatic rings. The number of rotatable bonds is 2. The molecule has 0 radical (unpaired) electrons. The molecule has 0 spiro atoms. The van der Waals surface area contributed by atoms with Gasteiger partial charge in [0.15, 0.2) is 0 Å². The molecule has 0 atom stereocenters. The lowest BCUT2D eigenvalue weighted by Gasteiger charge is -1.98. The number of benzene rings is 1. The average molecular weight is 175 g/mol. The molecular weight excluding hydrogens is 166 g/mol. The number of carboxylic acid groups (broad SMARTS) is 1. The second-order valence-electron chi connectivity index (χ2n) is 2.93. The fourth-order valence-corrected chi connectivity index (χ4v) is 1.46. The quantitative estimate of drug-likeness (QED) is 0.731. The highest BCUT2D eigenvalue weighted by Crippen LogP contribution is 2.16. The number of hydrogen-bond acceptors (Lipinski definition) is 1. The molecule has 13 heavy (non-hydrogen) atoms. The van der Waals surface area contributed by atoms with E-state index in [2.05, 4.69) is 4.98 Å². The Balaban J connectivity index is 2.54. The summed E-state index contributed by atoms with van der Waals surface area (Å²) >= 11 is 0. The van der Waals surface area contributed by atoms with Crippen LogP contribution >= 0.6 is 0 Å². The number of carbonyl (C=O) groups is 1. The molecule has 2 rings (SSSR count). The zero-order valence-electron chi connectivity index (χ0n) is 6.95. The lowest BCUT2D eigenvalue weighted by molar-refractivity contribution is -0.136. The summed E-state index contributed by atoms with van der Waals surface area (Å²) in [6.45, 7) is 0. The van der Waals surface area contributed by atoms with Crippen molar-refractivity contribution >= 4 is 16.9 Å². The summed E-state index contributed by atoms with van der Waals surface area (Å²) < 4.78 is 0. The number of para-hydroxylation sites is 1. The fraction of sp³-hybridized carbons (Fsp3) is 0.100. The second kappa shape index (κ2) is 2.94. The van der Waals surface area contributed by atoms with Crippen LogP contribution in [0.2, 0.25) is 0 Å². The maximum atomic E-state index is 10.5. The number of fused-ring (bicyclic) bond motifs is 1. The standard InChI is InChI=1S/C10H9NO2/c12-9(13)6-8-3-1-2-7-4-5-11-10(7)8/h1-5,11H,6H2,(H,12,13). The molecule has 2 N–H and O–H groups in total. The van der Waals surface area contributed by atoms with Crippen LogP contribution in [-0.2, 0) is 11.2 Å². The SMILES string of the molecule is O=C(O)Cc1cccc2cc[nH]c12. The maximum Gasteiger partial charge on any atom is 0.307 e. The minimum Gasteiger partial charge on any atom is -0.481 e. The number of hydrogen-bond donors (Lipinski definition) is 2. The third kappa shape index (κ3) is 1.40. The highest BCUT2D eigenvalue weighted by Gasteiger charge is 2.04. The van der Waals surface area contributed by atoms with Crippen LogP contribution in [0.5, 0.6) is 0 Å². The number of aromatic nitrogens is 1. The van der Waals surface area contributed by atoms with E-state index in [1.165, 1.54) is 0 Å². The van der Waals surface area contributed by atoms with Crippen molar-refractivity contribution in [2.75, 3.05) is 0 Å². The largest absolute Gasteiger partial charge is 0.481 e. The van der Waals surface area contributed by atoms with Crippen LogP contribution in [0.25, 0.3) is 10.9 Å². The van der Waals surface area contributed by atoms with Crippen LogP contribution in [0.4, 0.5) is 0 Å². The van der Waals surface area contributed by atoms with E-state index >= 15 is 0 Å². The minimum absolute atomic E-state index is 0.0673. The molecule has 0 fully saturated rings. The van der Waals surface area contributed by atoms with Gasteiger partial charge in [0.1, 0.15) is 0 Å². The molecule has 0 bridgehead atoms. The normalized spacial score (nSPS) is 10.5. The maximum absolute atomic E-state index is 10.5. The number of H-pyrrole nitrogens is 1. The first-order chi connectivity index (χ1) is 6.27. The predicted octanol–water partition coefficient (Wildman–Crippen LogP) is 1.79. The van der Waals surface area contributed by atoms with E-state index < -0.39 is 5.97 Å². The molecule has 1 aromatic carbocycles. The van der Waals surface area contributed by atoms with Gasteiger partial charge in [-0.1, -0.05) is 18.2 Å². The van der Waals surface area contributed by atoms with Crippen LogP contribution in [0.3, 0.4) is 0 Å². The van der Waals surface area contributed by atoms with Gasteiger partial charge in [-0.05, 0) is 17.0 Å². The monoisotopic (exact) mass is 175 g/mol. The molecule has 0 amide bonds. The fourth-order valence-electron chi connectivity index (χ4n) is 1.46. The third-order valence-electron chi connectivity index (χ3n) is 2.02. The molecule has 3 nitrogen and oxygen atoms in total. The van der Waals surface area contributed by atoms with E-state index in [0.717, 1.165) is 16.5 Å². The number of nitrogens with one attached hydrogen (secondary N) is 1. The Kier molecular flexibility index (Phi) is 1.77. The van der Waals surface area contributed by atoms with E-state index in [1.54, 1.807) is 0 Å². The second-order valence-corrected chi connectivity index (χ2v) is 2.93. The average Bonchev–Trinajstić information content (AvgIpc) is 2.51. The van der Waals surface area contributed by atoms with Crippen molar-refractivity contribution in [1.82, 2.24) is 4.98 Å². The predicted molar refractivity (Wildman–Crippen MR) is 49.6 cm³/mol. The summed E-state index contributed by atoms with van der Waals surface area (Å²) in [6.07, 6.45) is 1.88. The summed E-state index contributed by atoms with van der Waals surface area (Å²) in [5, 5.41) is 9.70. The van der Waals surface area contributed by atoms with Gasteiger partial charge in [0.25, 0.3) is 0 Å². The van der Waals surface area contributed by atoms with Crippen molar-refractivity contribution in [1.29, 1.82) is 0 Å². The van der Waals surface area contributed by atoms with E-state index in [1.807, 2.05) is 30.5 Å². The van der Waals surface area contributed by atoms with Crippen LogP contribution in [0, 0.1) is 0 Å². The Morgan fingerprint density at radius 3 is 3.00 bits per heavy atom. The van der Waals surface area contributed by atoms with Crippen LogP contribution in [0.1, 0.15) is 5.56 Å². The molecule has 0 unspecified atom stereocenters. The van der Waals surface area contributed by atoms with E-state index in [0.29, 0.717) is 0 Å². The first-order valence-corrected chi connectivity index (χ1v) is 4.04. The van der Waals surface area contributed by atoms with Crippen molar-refractivity contribution in [3.63, 3.8) is 0 Å². The van der Waals surface area contributed by atoms with Crippen molar-refractivity contribution in [2.45, 2.75) is 6.42 Å². The van der Waals surface area contributed by atoms with Gasteiger partial charge in [-0.2, -0.15) is 0 Å². The van der Waals surface area contributed by atoms with Gasteiger partial charge in [-0.25, -0.2) is 0 Å². The first kappa shape index (κ1) is 7.86. The Morgan fingerprint density at radius 1 is 1.38 bits per heavy atom. The first-order valence-electron chi connectivity index (χ1n) is 4.04. The van der Waals surface area contributed by atoms with Gasteiger partial charge in [-0.3, -0.25) is 4.79 Å². The van der Waals surface area contributed by atoms with Gasteiger partial charge < -0.3 is 10.1 Å². The lowest BCUT2D eigenvalue weighted by atomic mass is 10.1. The molecule has 3 heteroatoms. The zero-order valence-corrected chi connectivity index (χ0v) is 6.95. The molecule has 1 heterocycles. The molecule has 0 saturated carbocycles. The van der Waals surface area contributed by atoms with E-state index in [9.17, 15) is 4.79 Å². The summed E-state index contributed by atoms with van der Waals surface area (Å²) in [7, 11) is 0. The summed E-state index contributed by atoms with van der Waals surface area (Å²) in [5.74, 6) is -0.804. The minimum atomic E-state index is -0.804. The lowest BCUT2D eigenvalue weighted by Crippen LogP contribution is -2.00. The van der Waals surface area contributed by atoms with E-state index in [-0.39, 0.29) is 6.42 Å². The molecule has 0 aliphatic rings. The number of aliphatic carboxylic acids is 1. The number of carboxylic acids is 1.